The van der Waals surface area contributed by atoms with Crippen LogP contribution in [-0.4, -0.2) is 30.1 Å². The number of likely N-dealkylation sites (N-methyl/N-ethyl adjacent to an activating group) is 1. The van der Waals surface area contributed by atoms with E-state index >= 15 is 0 Å². The summed E-state index contributed by atoms with van der Waals surface area (Å²) in [6, 6.07) is 0.0578. The molecule has 0 saturated carbocycles. The van der Waals surface area contributed by atoms with Crippen molar-refractivity contribution in [2.45, 2.75) is 45.8 Å². The lowest BCUT2D eigenvalue weighted by Crippen LogP contribution is -2.39. The van der Waals surface area contributed by atoms with E-state index in [0.717, 1.165) is 12.8 Å². The molecule has 1 fully saturated rings. The van der Waals surface area contributed by atoms with Gasteiger partial charge >= 0.3 is 0 Å². The molecule has 0 aromatic heterocycles. The van der Waals surface area contributed by atoms with Crippen molar-refractivity contribution in [3.63, 3.8) is 0 Å². The first kappa shape index (κ1) is 10.5. The van der Waals surface area contributed by atoms with Crippen LogP contribution in [0.25, 0.3) is 0 Å². The molecule has 1 aliphatic rings. The zero-order chi connectivity index (χ0) is 10.0. The molecular weight excluding hydrogens is 164 g/mol. The van der Waals surface area contributed by atoms with Gasteiger partial charge in [0.25, 0.3) is 0 Å². The average Bonchev–Trinajstić information content (AvgIpc) is 2.33. The molecule has 1 N–H and O–H groups in total. The highest BCUT2D eigenvalue weighted by Gasteiger charge is 2.36. The van der Waals surface area contributed by atoms with Gasteiger partial charge in [0.2, 0.25) is 5.91 Å². The van der Waals surface area contributed by atoms with E-state index in [9.17, 15) is 4.79 Å². The summed E-state index contributed by atoms with van der Waals surface area (Å²) in [6.07, 6.45) is 2.23. The molecule has 0 radical (unpaired) electrons. The molecule has 13 heavy (non-hydrogen) atoms. The summed E-state index contributed by atoms with van der Waals surface area (Å²) in [4.78, 5) is 13.5. The highest BCUT2D eigenvalue weighted by Crippen LogP contribution is 2.17. The van der Waals surface area contributed by atoms with Gasteiger partial charge in [0.1, 0.15) is 0 Å². The van der Waals surface area contributed by atoms with Crippen LogP contribution < -0.4 is 5.32 Å². The molecule has 1 amide bonds. The minimum atomic E-state index is 0.0578. The van der Waals surface area contributed by atoms with Crippen molar-refractivity contribution in [1.29, 1.82) is 0 Å². The van der Waals surface area contributed by atoms with Gasteiger partial charge in [-0.3, -0.25) is 10.1 Å². The number of hydrogen-bond acceptors (Lipinski definition) is 2. The Morgan fingerprint density at radius 1 is 1.54 bits per heavy atom. The van der Waals surface area contributed by atoms with Crippen molar-refractivity contribution in [1.82, 2.24) is 10.2 Å². The fourth-order valence-corrected chi connectivity index (χ4v) is 1.91. The summed E-state index contributed by atoms with van der Waals surface area (Å²) in [5.41, 5.74) is 0. The Bertz CT molecular complexity index is 191. The monoisotopic (exact) mass is 184 g/mol. The van der Waals surface area contributed by atoms with E-state index in [1.165, 1.54) is 0 Å². The van der Waals surface area contributed by atoms with Crippen LogP contribution >= 0.6 is 0 Å². The fraction of sp³-hybridized carbons (Fsp3) is 0.900. The molecule has 0 spiro atoms. The van der Waals surface area contributed by atoms with E-state index in [4.69, 9.17) is 0 Å². The molecule has 1 heterocycles. The molecule has 76 valence electrons. The van der Waals surface area contributed by atoms with Gasteiger partial charge in [-0.1, -0.05) is 27.2 Å². The summed E-state index contributed by atoms with van der Waals surface area (Å²) in [5, 5.41) is 3.37. The van der Waals surface area contributed by atoms with Crippen molar-refractivity contribution in [2.24, 2.45) is 5.92 Å². The molecule has 3 nitrogen and oxygen atoms in total. The van der Waals surface area contributed by atoms with Gasteiger partial charge in [-0.15, -0.1) is 0 Å². The van der Waals surface area contributed by atoms with Gasteiger partial charge in [-0.05, 0) is 12.3 Å². The minimum Gasteiger partial charge on any atom is -0.329 e. The van der Waals surface area contributed by atoms with Gasteiger partial charge < -0.3 is 4.90 Å². The van der Waals surface area contributed by atoms with Crippen molar-refractivity contribution in [2.75, 3.05) is 7.05 Å². The van der Waals surface area contributed by atoms with Gasteiger partial charge in [0.15, 0.2) is 0 Å². The first-order chi connectivity index (χ1) is 6.07. The largest absolute Gasteiger partial charge is 0.329 e. The number of nitrogens with one attached hydrogen (secondary N) is 1. The van der Waals surface area contributed by atoms with Crippen LogP contribution in [0.1, 0.15) is 33.6 Å². The number of nitrogens with zero attached hydrogens (tertiary/aromatic N) is 1. The highest BCUT2D eigenvalue weighted by molar-refractivity contribution is 5.84. The van der Waals surface area contributed by atoms with Gasteiger partial charge in [0, 0.05) is 7.05 Å². The van der Waals surface area contributed by atoms with E-state index in [0.29, 0.717) is 5.92 Å². The molecule has 2 unspecified atom stereocenters. The second-order valence-corrected chi connectivity index (χ2v) is 4.15. The maximum atomic E-state index is 11.7. The van der Waals surface area contributed by atoms with Crippen LogP contribution in [0.15, 0.2) is 0 Å². The van der Waals surface area contributed by atoms with Gasteiger partial charge in [-0.2, -0.15) is 0 Å². The van der Waals surface area contributed by atoms with Crippen LogP contribution in [0.5, 0.6) is 0 Å². The number of amides is 1. The molecule has 3 heteroatoms. The van der Waals surface area contributed by atoms with Crippen LogP contribution in [-0.2, 0) is 4.79 Å². The first-order valence-corrected chi connectivity index (χ1v) is 5.10. The van der Waals surface area contributed by atoms with Crippen LogP contribution in [0, 0.1) is 5.92 Å². The topological polar surface area (TPSA) is 32.3 Å². The van der Waals surface area contributed by atoms with E-state index in [1.54, 1.807) is 0 Å². The number of rotatable bonds is 3. The summed E-state index contributed by atoms with van der Waals surface area (Å²) in [7, 11) is 1.88. The lowest BCUT2D eigenvalue weighted by molar-refractivity contribution is -0.129. The molecule has 0 bridgehead atoms. The Hall–Kier alpha value is -0.570. The predicted octanol–water partition coefficient (Wildman–Crippen LogP) is 1.20. The Balaban J connectivity index is 2.61. The van der Waals surface area contributed by atoms with Crippen LogP contribution in [0.3, 0.4) is 0 Å². The third-order valence-electron chi connectivity index (χ3n) is 2.64. The summed E-state index contributed by atoms with van der Waals surface area (Å²) >= 11 is 0. The normalized spacial score (nSPS) is 29.0. The molecule has 0 aliphatic carbocycles. The number of carbonyl (C=O) groups is 1. The van der Waals surface area contributed by atoms with Crippen molar-refractivity contribution in [3.05, 3.63) is 0 Å². The summed E-state index contributed by atoms with van der Waals surface area (Å²) in [5.74, 6) is 0.733. The average molecular weight is 184 g/mol. The van der Waals surface area contributed by atoms with E-state index < -0.39 is 0 Å². The summed E-state index contributed by atoms with van der Waals surface area (Å²) < 4.78 is 0. The molecular formula is C10H20N2O. The third kappa shape index (κ3) is 2.02. The zero-order valence-corrected chi connectivity index (χ0v) is 9.00. The number of hydrogen-bond donors (Lipinski definition) is 1. The third-order valence-corrected chi connectivity index (χ3v) is 2.64. The molecule has 1 rings (SSSR count). The number of carbonyl (C=O) groups excluding carboxylic acids is 1. The lowest BCUT2D eigenvalue weighted by atomic mass is 10.1. The Kier molecular flexibility index (Phi) is 3.31. The maximum Gasteiger partial charge on any atom is 0.240 e. The van der Waals surface area contributed by atoms with Crippen LogP contribution in [0.4, 0.5) is 0 Å². The van der Waals surface area contributed by atoms with E-state index in [-0.39, 0.29) is 18.1 Å². The maximum absolute atomic E-state index is 11.7. The Morgan fingerprint density at radius 3 is 2.54 bits per heavy atom. The Labute approximate surface area is 80.5 Å². The first-order valence-electron chi connectivity index (χ1n) is 5.10. The molecule has 0 aromatic rings. The van der Waals surface area contributed by atoms with Crippen molar-refractivity contribution in [3.8, 4) is 0 Å². The second-order valence-electron chi connectivity index (χ2n) is 4.15. The standard InChI is InChI=1S/C10H20N2O/c1-5-6-8-10(13)12(4)9(11-8)7(2)3/h7-9,11H,5-6H2,1-4H3. The molecule has 1 saturated heterocycles. The molecule has 0 aromatic carbocycles. The smallest absolute Gasteiger partial charge is 0.240 e. The van der Waals surface area contributed by atoms with Gasteiger partial charge in [-0.25, -0.2) is 0 Å². The second kappa shape index (κ2) is 4.09. The van der Waals surface area contributed by atoms with Crippen LogP contribution in [0.2, 0.25) is 0 Å². The Morgan fingerprint density at radius 2 is 2.15 bits per heavy atom. The van der Waals surface area contributed by atoms with Crippen molar-refractivity contribution < 1.29 is 4.79 Å². The van der Waals surface area contributed by atoms with E-state index in [1.807, 2.05) is 11.9 Å². The van der Waals surface area contributed by atoms with E-state index in [2.05, 4.69) is 26.1 Å². The van der Waals surface area contributed by atoms with Crippen molar-refractivity contribution >= 4 is 5.91 Å². The SMILES string of the molecule is CCCC1NC(C(C)C)N(C)C1=O. The molecule has 1 aliphatic heterocycles. The summed E-state index contributed by atoms with van der Waals surface area (Å²) in [6.45, 7) is 6.38. The highest BCUT2D eigenvalue weighted by atomic mass is 16.2. The minimum absolute atomic E-state index is 0.0578. The quantitative estimate of drug-likeness (QED) is 0.714. The lowest BCUT2D eigenvalue weighted by Gasteiger charge is -2.22. The fourth-order valence-electron chi connectivity index (χ4n) is 1.91. The van der Waals surface area contributed by atoms with Gasteiger partial charge in [0.05, 0.1) is 12.2 Å². The predicted molar refractivity (Wildman–Crippen MR) is 53.2 cm³/mol. The zero-order valence-electron chi connectivity index (χ0n) is 9.00. The molecule has 2 atom stereocenters.